The molecule has 1 unspecified atom stereocenters. The molecule has 20 heavy (non-hydrogen) atoms. The van der Waals surface area contributed by atoms with Crippen LogP contribution in [0, 0.1) is 0 Å². The van der Waals surface area contributed by atoms with Gasteiger partial charge in [-0.1, -0.05) is 18.2 Å². The Morgan fingerprint density at radius 1 is 1.05 bits per heavy atom. The molecule has 0 radical (unpaired) electrons. The molecule has 0 amide bonds. The molecule has 1 aliphatic heterocycles. The van der Waals surface area contributed by atoms with Crippen molar-refractivity contribution in [2.75, 3.05) is 13.1 Å². The topological polar surface area (TPSA) is 15.3 Å². The number of rotatable bonds is 5. The Morgan fingerprint density at radius 3 is 2.75 bits per heavy atom. The number of nitrogens with one attached hydrogen (secondary N) is 1. The van der Waals surface area contributed by atoms with E-state index in [-0.39, 0.29) is 0 Å². The van der Waals surface area contributed by atoms with Crippen molar-refractivity contribution in [3.8, 4) is 0 Å². The van der Waals surface area contributed by atoms with E-state index in [0.29, 0.717) is 0 Å². The van der Waals surface area contributed by atoms with Crippen LogP contribution in [0.4, 0.5) is 0 Å². The summed E-state index contributed by atoms with van der Waals surface area (Å²) in [5.74, 6) is 0. The zero-order valence-electron chi connectivity index (χ0n) is 12.4. The van der Waals surface area contributed by atoms with Gasteiger partial charge in [0.2, 0.25) is 0 Å². The maximum absolute atomic E-state index is 3.66. The molecule has 2 fully saturated rings. The van der Waals surface area contributed by atoms with E-state index in [2.05, 4.69) is 28.4 Å². The molecule has 1 aromatic carbocycles. The highest BCUT2D eigenvalue weighted by Crippen LogP contribution is 2.30. The number of hydrogen-bond acceptors (Lipinski definition) is 2. The third-order valence-corrected chi connectivity index (χ3v) is 5.23. The summed E-state index contributed by atoms with van der Waals surface area (Å²) in [5.41, 5.74) is 4.76. The Kier molecular flexibility index (Phi) is 3.53. The highest BCUT2D eigenvalue weighted by atomic mass is 15.2. The molecule has 2 heteroatoms. The van der Waals surface area contributed by atoms with E-state index in [4.69, 9.17) is 0 Å². The van der Waals surface area contributed by atoms with Gasteiger partial charge in [-0.25, -0.2) is 0 Å². The number of fused-ring (bicyclic) bond motifs is 1. The summed E-state index contributed by atoms with van der Waals surface area (Å²) in [7, 11) is 0. The van der Waals surface area contributed by atoms with Crippen molar-refractivity contribution >= 4 is 0 Å². The minimum Gasteiger partial charge on any atom is -0.313 e. The predicted octanol–water partition coefficient (Wildman–Crippen LogP) is 2.89. The van der Waals surface area contributed by atoms with Crippen molar-refractivity contribution in [3.05, 3.63) is 34.9 Å². The maximum atomic E-state index is 3.66. The van der Waals surface area contributed by atoms with Crippen molar-refractivity contribution < 1.29 is 0 Å². The first-order valence-electron chi connectivity index (χ1n) is 8.46. The van der Waals surface area contributed by atoms with Gasteiger partial charge in [0.1, 0.15) is 0 Å². The largest absolute Gasteiger partial charge is 0.313 e. The third kappa shape index (κ3) is 2.77. The van der Waals surface area contributed by atoms with Crippen molar-refractivity contribution in [1.29, 1.82) is 0 Å². The van der Waals surface area contributed by atoms with Crippen molar-refractivity contribution in [2.45, 2.75) is 63.6 Å². The summed E-state index contributed by atoms with van der Waals surface area (Å²) in [6.45, 7) is 3.64. The van der Waals surface area contributed by atoms with E-state index in [1.54, 1.807) is 11.1 Å². The van der Waals surface area contributed by atoms with E-state index in [1.165, 1.54) is 63.6 Å². The number of hydrogen-bond donors (Lipinski definition) is 1. The highest BCUT2D eigenvalue weighted by molar-refractivity contribution is 5.35. The van der Waals surface area contributed by atoms with Crippen molar-refractivity contribution in [1.82, 2.24) is 10.2 Å². The lowest BCUT2D eigenvalue weighted by molar-refractivity contribution is 0.231. The van der Waals surface area contributed by atoms with E-state index in [1.807, 2.05) is 0 Å². The van der Waals surface area contributed by atoms with E-state index in [0.717, 1.165) is 18.6 Å². The highest BCUT2D eigenvalue weighted by Gasteiger charge is 2.31. The van der Waals surface area contributed by atoms with Crippen LogP contribution in [0.5, 0.6) is 0 Å². The first kappa shape index (κ1) is 12.8. The zero-order valence-corrected chi connectivity index (χ0v) is 12.4. The fourth-order valence-corrected chi connectivity index (χ4v) is 3.94. The number of nitrogens with zero attached hydrogens (tertiary/aromatic N) is 1. The molecule has 0 bridgehead atoms. The molecule has 1 heterocycles. The van der Waals surface area contributed by atoms with Gasteiger partial charge in [0.05, 0.1) is 0 Å². The average Bonchev–Trinajstić information content (AvgIpc) is 2.99. The smallest absolute Gasteiger partial charge is 0.0237 e. The van der Waals surface area contributed by atoms with Crippen LogP contribution in [-0.4, -0.2) is 30.1 Å². The average molecular weight is 270 g/mol. The molecule has 2 nitrogen and oxygen atoms in total. The van der Waals surface area contributed by atoms with Gasteiger partial charge in [0, 0.05) is 25.2 Å². The maximum Gasteiger partial charge on any atom is 0.0237 e. The molecule has 108 valence electrons. The Bertz CT molecular complexity index is 472. The van der Waals surface area contributed by atoms with Gasteiger partial charge in [-0.2, -0.15) is 0 Å². The van der Waals surface area contributed by atoms with Crippen LogP contribution in [0.15, 0.2) is 18.2 Å². The molecule has 1 atom stereocenters. The van der Waals surface area contributed by atoms with Crippen LogP contribution in [0.3, 0.4) is 0 Å². The van der Waals surface area contributed by atoms with Crippen LogP contribution in [0.25, 0.3) is 0 Å². The van der Waals surface area contributed by atoms with Crippen molar-refractivity contribution in [3.63, 3.8) is 0 Å². The number of benzene rings is 1. The van der Waals surface area contributed by atoms with Gasteiger partial charge < -0.3 is 5.32 Å². The summed E-state index contributed by atoms with van der Waals surface area (Å²) in [4.78, 5) is 2.74. The molecule has 3 aliphatic rings. The quantitative estimate of drug-likeness (QED) is 0.885. The normalized spacial score (nSPS) is 25.4. The van der Waals surface area contributed by atoms with Crippen LogP contribution < -0.4 is 5.32 Å². The molecule has 1 saturated heterocycles. The molecule has 1 N–H and O–H groups in total. The summed E-state index contributed by atoms with van der Waals surface area (Å²) in [6, 6.07) is 8.86. The van der Waals surface area contributed by atoms with E-state index >= 15 is 0 Å². The fourth-order valence-electron chi connectivity index (χ4n) is 3.94. The summed E-state index contributed by atoms with van der Waals surface area (Å²) < 4.78 is 0. The van der Waals surface area contributed by atoms with Gasteiger partial charge in [0.15, 0.2) is 0 Å². The third-order valence-electron chi connectivity index (χ3n) is 5.23. The Hall–Kier alpha value is -0.860. The van der Waals surface area contributed by atoms with Gasteiger partial charge >= 0.3 is 0 Å². The second kappa shape index (κ2) is 5.50. The minimum absolute atomic E-state index is 0.741. The standard InChI is InChI=1S/C18H26N2/c1-3-15-7-6-14(11-16(15)4-1)12-20(18-8-9-18)13-17-5-2-10-19-17/h6-7,11,17-19H,1-5,8-10,12-13H2. The molecular formula is C18H26N2. The molecular weight excluding hydrogens is 244 g/mol. The predicted molar refractivity (Wildman–Crippen MR) is 82.9 cm³/mol. The first-order valence-corrected chi connectivity index (χ1v) is 8.46. The lowest BCUT2D eigenvalue weighted by Crippen LogP contribution is -2.38. The molecule has 4 rings (SSSR count). The van der Waals surface area contributed by atoms with Crippen LogP contribution >= 0.6 is 0 Å². The lowest BCUT2D eigenvalue weighted by atomic mass is 10.1. The van der Waals surface area contributed by atoms with Crippen LogP contribution in [0.1, 0.15) is 48.8 Å². The number of aryl methyl sites for hydroxylation is 2. The van der Waals surface area contributed by atoms with Crippen LogP contribution in [0.2, 0.25) is 0 Å². The fraction of sp³-hybridized carbons (Fsp3) is 0.667. The summed E-state index contributed by atoms with van der Waals surface area (Å²) >= 11 is 0. The SMILES string of the molecule is c1cc2c(cc1CN(CC1CCCN1)C1CC1)CCC2. The van der Waals surface area contributed by atoms with Gasteiger partial charge in [-0.3, -0.25) is 4.90 Å². The van der Waals surface area contributed by atoms with Crippen LogP contribution in [-0.2, 0) is 19.4 Å². The van der Waals surface area contributed by atoms with E-state index < -0.39 is 0 Å². The Morgan fingerprint density at radius 2 is 1.95 bits per heavy atom. The Balaban J connectivity index is 1.44. The molecule has 2 aliphatic carbocycles. The second-order valence-electron chi connectivity index (χ2n) is 6.91. The molecule has 0 aromatic heterocycles. The van der Waals surface area contributed by atoms with Gasteiger partial charge in [-0.15, -0.1) is 0 Å². The first-order chi connectivity index (χ1) is 9.88. The molecule has 1 aromatic rings. The second-order valence-corrected chi connectivity index (χ2v) is 6.91. The van der Waals surface area contributed by atoms with Gasteiger partial charge in [-0.05, 0) is 68.2 Å². The molecule has 1 saturated carbocycles. The van der Waals surface area contributed by atoms with Crippen molar-refractivity contribution in [2.24, 2.45) is 0 Å². The van der Waals surface area contributed by atoms with E-state index in [9.17, 15) is 0 Å². The lowest BCUT2D eigenvalue weighted by Gasteiger charge is -2.26. The zero-order chi connectivity index (χ0) is 13.4. The van der Waals surface area contributed by atoms with Gasteiger partial charge in [0.25, 0.3) is 0 Å². The Labute approximate surface area is 122 Å². The summed E-state index contributed by atoms with van der Waals surface area (Å²) in [6.07, 6.45) is 9.52. The summed E-state index contributed by atoms with van der Waals surface area (Å²) in [5, 5.41) is 3.66. The minimum atomic E-state index is 0.741. The monoisotopic (exact) mass is 270 g/mol. The molecule has 0 spiro atoms.